The Morgan fingerprint density at radius 2 is 2.23 bits per heavy atom. The van der Waals surface area contributed by atoms with Crippen molar-refractivity contribution in [3.05, 3.63) is 52.4 Å². The van der Waals surface area contributed by atoms with Gasteiger partial charge in [-0.05, 0) is 24.6 Å². The molecule has 3 aromatic rings. The first kappa shape index (κ1) is 18.7. The molecular weight excluding hydrogens is 399 g/mol. The van der Waals surface area contributed by atoms with Crippen LogP contribution in [0.2, 0.25) is 10.0 Å². The number of nitrogens with zero attached hydrogens (tertiary/aromatic N) is 5. The van der Waals surface area contributed by atoms with Crippen molar-refractivity contribution in [3.8, 4) is 0 Å². The molecule has 11 heteroatoms. The molecule has 0 radical (unpaired) electrons. The van der Waals surface area contributed by atoms with Crippen LogP contribution in [0.25, 0.3) is 0 Å². The number of benzene rings is 1. The van der Waals surface area contributed by atoms with Gasteiger partial charge in [-0.15, -0.1) is 10.2 Å². The van der Waals surface area contributed by atoms with Crippen molar-refractivity contribution in [1.82, 2.24) is 30.3 Å². The second-order valence-electron chi connectivity index (χ2n) is 5.30. The highest BCUT2D eigenvalue weighted by Gasteiger charge is 2.15. The van der Waals surface area contributed by atoms with Crippen LogP contribution < -0.4 is 5.32 Å². The van der Waals surface area contributed by atoms with Gasteiger partial charge in [-0.25, -0.2) is 9.67 Å². The van der Waals surface area contributed by atoms with Crippen molar-refractivity contribution in [2.24, 2.45) is 0 Å². The van der Waals surface area contributed by atoms with E-state index in [-0.39, 0.29) is 17.7 Å². The Kier molecular flexibility index (Phi) is 6.12. The molecule has 26 heavy (non-hydrogen) atoms. The normalized spacial score (nSPS) is 12.1. The molecule has 0 spiro atoms. The minimum absolute atomic E-state index is 0.139. The largest absolute Gasteiger partial charge is 0.414 e. The van der Waals surface area contributed by atoms with E-state index >= 15 is 0 Å². The molecule has 0 saturated heterocycles. The number of nitrogens with one attached hydrogen (secondary N) is 1. The van der Waals surface area contributed by atoms with Gasteiger partial charge in [0.1, 0.15) is 19.2 Å². The molecule has 0 aliphatic carbocycles. The molecule has 1 N–H and O–H groups in total. The molecule has 1 amide bonds. The van der Waals surface area contributed by atoms with Gasteiger partial charge in [0.05, 0.1) is 11.8 Å². The molecule has 0 fully saturated rings. The van der Waals surface area contributed by atoms with Crippen molar-refractivity contribution in [2.45, 2.75) is 24.7 Å². The van der Waals surface area contributed by atoms with Crippen molar-refractivity contribution in [3.63, 3.8) is 0 Å². The van der Waals surface area contributed by atoms with Crippen LogP contribution in [-0.2, 0) is 11.3 Å². The SMILES string of the molecule is CC(NC(=O)CSc1nnc(Cn2cncn2)o1)c1ccc(Cl)cc1Cl. The number of amides is 1. The molecule has 2 heterocycles. The van der Waals surface area contributed by atoms with E-state index in [0.29, 0.717) is 27.7 Å². The lowest BCUT2D eigenvalue weighted by molar-refractivity contribution is -0.119. The zero-order chi connectivity index (χ0) is 18.5. The van der Waals surface area contributed by atoms with Crippen LogP contribution in [0.1, 0.15) is 24.4 Å². The number of rotatable bonds is 7. The van der Waals surface area contributed by atoms with Crippen LogP contribution in [-0.4, -0.2) is 36.6 Å². The number of thioether (sulfide) groups is 1. The van der Waals surface area contributed by atoms with Gasteiger partial charge < -0.3 is 9.73 Å². The third-order valence-electron chi connectivity index (χ3n) is 3.35. The second kappa shape index (κ2) is 8.52. The minimum atomic E-state index is -0.251. The number of carbonyl (C=O) groups is 1. The average Bonchev–Trinajstić information content (AvgIpc) is 3.25. The maximum atomic E-state index is 12.1. The van der Waals surface area contributed by atoms with Crippen molar-refractivity contribution in [2.75, 3.05) is 5.75 Å². The smallest absolute Gasteiger partial charge is 0.277 e. The van der Waals surface area contributed by atoms with Crippen LogP contribution in [0.15, 0.2) is 40.5 Å². The Morgan fingerprint density at radius 1 is 1.38 bits per heavy atom. The molecule has 0 saturated carbocycles. The van der Waals surface area contributed by atoms with E-state index in [9.17, 15) is 4.79 Å². The number of hydrogen-bond donors (Lipinski definition) is 1. The van der Waals surface area contributed by atoms with Crippen molar-refractivity contribution in [1.29, 1.82) is 0 Å². The summed E-state index contributed by atoms with van der Waals surface area (Å²) in [5.41, 5.74) is 0.794. The molecule has 1 atom stereocenters. The Morgan fingerprint density at radius 3 is 2.96 bits per heavy atom. The van der Waals surface area contributed by atoms with Crippen molar-refractivity contribution >= 4 is 40.9 Å². The van der Waals surface area contributed by atoms with Gasteiger partial charge in [0.15, 0.2) is 0 Å². The van der Waals surface area contributed by atoms with E-state index in [2.05, 4.69) is 25.6 Å². The van der Waals surface area contributed by atoms with Crippen molar-refractivity contribution < 1.29 is 9.21 Å². The fraction of sp³-hybridized carbons (Fsp3) is 0.267. The van der Waals surface area contributed by atoms with E-state index in [1.54, 1.807) is 29.2 Å². The summed E-state index contributed by atoms with van der Waals surface area (Å²) in [6.45, 7) is 2.17. The number of hydrogen-bond acceptors (Lipinski definition) is 7. The zero-order valence-corrected chi connectivity index (χ0v) is 15.9. The van der Waals surface area contributed by atoms with E-state index in [1.807, 2.05) is 6.92 Å². The molecule has 136 valence electrons. The molecule has 0 bridgehead atoms. The van der Waals surface area contributed by atoms with Gasteiger partial charge in [0.25, 0.3) is 5.22 Å². The minimum Gasteiger partial charge on any atom is -0.414 e. The quantitative estimate of drug-likeness (QED) is 0.595. The molecule has 2 aromatic heterocycles. The summed E-state index contributed by atoms with van der Waals surface area (Å²) in [6, 6.07) is 4.91. The Balaban J connectivity index is 1.50. The predicted octanol–water partition coefficient (Wildman–Crippen LogP) is 2.99. The highest BCUT2D eigenvalue weighted by atomic mass is 35.5. The first-order valence-corrected chi connectivity index (χ1v) is 9.27. The van der Waals surface area contributed by atoms with Gasteiger partial charge in [0.2, 0.25) is 11.8 Å². The van der Waals surface area contributed by atoms with E-state index in [0.717, 1.165) is 17.3 Å². The fourth-order valence-electron chi connectivity index (χ4n) is 2.15. The third kappa shape index (κ3) is 4.96. The lowest BCUT2D eigenvalue weighted by Crippen LogP contribution is -2.28. The average molecular weight is 413 g/mol. The summed E-state index contributed by atoms with van der Waals surface area (Å²) in [4.78, 5) is 16.0. The third-order valence-corrected chi connectivity index (χ3v) is 4.73. The zero-order valence-electron chi connectivity index (χ0n) is 13.6. The standard InChI is InChI=1S/C15H14Cl2N6O2S/c1-9(11-3-2-10(16)4-12(11)17)20-13(24)6-26-15-22-21-14(25-15)5-23-8-18-7-19-23/h2-4,7-9H,5-6H2,1H3,(H,20,24). The van der Waals surface area contributed by atoms with E-state index < -0.39 is 0 Å². The topological polar surface area (TPSA) is 98.7 Å². The van der Waals surface area contributed by atoms with Crippen LogP contribution in [0.3, 0.4) is 0 Å². The highest BCUT2D eigenvalue weighted by molar-refractivity contribution is 7.99. The van der Waals surface area contributed by atoms with E-state index in [1.165, 1.54) is 6.33 Å². The van der Waals surface area contributed by atoms with E-state index in [4.69, 9.17) is 27.6 Å². The van der Waals surface area contributed by atoms with Crippen LogP contribution in [0, 0.1) is 0 Å². The summed E-state index contributed by atoms with van der Waals surface area (Å²) in [6.07, 6.45) is 2.97. The summed E-state index contributed by atoms with van der Waals surface area (Å²) in [7, 11) is 0. The predicted molar refractivity (Wildman–Crippen MR) is 97.2 cm³/mol. The van der Waals surface area contributed by atoms with Gasteiger partial charge >= 0.3 is 0 Å². The van der Waals surface area contributed by atoms with Gasteiger partial charge in [0, 0.05) is 10.0 Å². The highest BCUT2D eigenvalue weighted by Crippen LogP contribution is 2.26. The molecular formula is C15H14Cl2N6O2S. The lowest BCUT2D eigenvalue weighted by atomic mass is 10.1. The molecule has 1 unspecified atom stereocenters. The first-order chi connectivity index (χ1) is 12.5. The lowest BCUT2D eigenvalue weighted by Gasteiger charge is -2.15. The summed E-state index contributed by atoms with van der Waals surface area (Å²) in [5, 5.41) is 16.0. The number of carbonyl (C=O) groups excluding carboxylic acids is 1. The summed E-state index contributed by atoms with van der Waals surface area (Å²) in [5.74, 6) is 0.352. The Bertz CT molecular complexity index is 886. The Labute approximate surface area is 163 Å². The van der Waals surface area contributed by atoms with Crippen LogP contribution in [0.5, 0.6) is 0 Å². The first-order valence-electron chi connectivity index (χ1n) is 7.53. The molecule has 0 aliphatic rings. The summed E-state index contributed by atoms with van der Waals surface area (Å²) >= 11 is 13.2. The number of aromatic nitrogens is 5. The number of halogens is 2. The van der Waals surface area contributed by atoms with Gasteiger partial charge in [-0.2, -0.15) is 5.10 Å². The molecule has 0 aliphatic heterocycles. The molecule has 1 aromatic carbocycles. The van der Waals surface area contributed by atoms with Gasteiger partial charge in [-0.1, -0.05) is 41.0 Å². The maximum Gasteiger partial charge on any atom is 0.277 e. The second-order valence-corrected chi connectivity index (χ2v) is 7.07. The molecule has 8 nitrogen and oxygen atoms in total. The fourth-order valence-corrected chi connectivity index (χ4v) is 3.32. The molecule has 3 rings (SSSR count). The maximum absolute atomic E-state index is 12.1. The summed E-state index contributed by atoms with van der Waals surface area (Å²) < 4.78 is 7.03. The van der Waals surface area contributed by atoms with Crippen LogP contribution in [0.4, 0.5) is 0 Å². The monoisotopic (exact) mass is 412 g/mol. The van der Waals surface area contributed by atoms with Gasteiger partial charge in [-0.3, -0.25) is 4.79 Å². The Hall–Kier alpha value is -2.10. The van der Waals surface area contributed by atoms with Crippen LogP contribution >= 0.6 is 35.0 Å².